The molecule has 0 N–H and O–H groups in total. The number of halogens is 1. The molecular weight excluding hydrogens is 197 g/mol. The fourth-order valence-electron chi connectivity index (χ4n) is 0.746. The van der Waals surface area contributed by atoms with E-state index in [2.05, 4.69) is 9.43 Å². The van der Waals surface area contributed by atoms with Crippen LogP contribution in [0.2, 0.25) is 0 Å². The summed E-state index contributed by atoms with van der Waals surface area (Å²) in [5.74, 6) is -0.935. The van der Waals surface area contributed by atoms with Gasteiger partial charge >= 0.3 is 0 Å². The zero-order chi connectivity index (χ0) is 9.90. The van der Waals surface area contributed by atoms with Gasteiger partial charge < -0.3 is 0 Å². The molecule has 0 amide bonds. The zero-order valence-electron chi connectivity index (χ0n) is 6.25. The lowest BCUT2D eigenvalue weighted by Gasteiger charge is -1.96. The first-order valence-electron chi connectivity index (χ1n) is 3.14. The molecule has 0 spiro atoms. The van der Waals surface area contributed by atoms with E-state index in [1.807, 2.05) is 0 Å². The fraction of sp³-hybridized carbons (Fsp3) is 0. The summed E-state index contributed by atoms with van der Waals surface area (Å²) in [6.45, 7) is 0. The number of azide groups is 1. The van der Waals surface area contributed by atoms with Crippen LogP contribution in [-0.4, -0.2) is 8.42 Å². The lowest BCUT2D eigenvalue weighted by atomic mass is 10.4. The SMILES string of the molecule is [N-]=[N+]=NS(=O)(=O)c1ccccc1F. The lowest BCUT2D eigenvalue weighted by molar-refractivity contribution is 0.568. The highest BCUT2D eigenvalue weighted by atomic mass is 32.2. The first-order valence-corrected chi connectivity index (χ1v) is 4.58. The Morgan fingerprint density at radius 3 is 2.54 bits per heavy atom. The van der Waals surface area contributed by atoms with Gasteiger partial charge in [-0.05, 0) is 17.7 Å². The molecule has 0 atom stereocenters. The summed E-state index contributed by atoms with van der Waals surface area (Å²) in [4.78, 5) is 1.48. The Morgan fingerprint density at radius 2 is 2.00 bits per heavy atom. The monoisotopic (exact) mass is 201 g/mol. The first kappa shape index (κ1) is 9.50. The Hall–Kier alpha value is -1.59. The summed E-state index contributed by atoms with van der Waals surface area (Å²) >= 11 is 0. The lowest BCUT2D eigenvalue weighted by Crippen LogP contribution is -1.98. The molecule has 5 nitrogen and oxygen atoms in total. The van der Waals surface area contributed by atoms with Crippen molar-refractivity contribution in [2.24, 2.45) is 4.52 Å². The maximum absolute atomic E-state index is 12.8. The Kier molecular flexibility index (Phi) is 2.50. The zero-order valence-corrected chi connectivity index (χ0v) is 7.07. The molecule has 0 radical (unpaired) electrons. The number of sulfonamides is 1. The molecular formula is C6H4FN3O2S. The van der Waals surface area contributed by atoms with E-state index in [9.17, 15) is 12.8 Å². The molecule has 68 valence electrons. The predicted molar refractivity (Wildman–Crippen MR) is 42.7 cm³/mol. The summed E-state index contributed by atoms with van der Waals surface area (Å²) < 4.78 is 37.3. The van der Waals surface area contributed by atoms with Crippen LogP contribution in [0.25, 0.3) is 10.4 Å². The van der Waals surface area contributed by atoms with Gasteiger partial charge in [0.25, 0.3) is 10.0 Å². The van der Waals surface area contributed by atoms with Gasteiger partial charge in [-0.1, -0.05) is 12.1 Å². The fourth-order valence-corrected chi connectivity index (χ4v) is 1.50. The van der Waals surface area contributed by atoms with Crippen LogP contribution in [0.4, 0.5) is 4.39 Å². The average molecular weight is 201 g/mol. The highest BCUT2D eigenvalue weighted by Gasteiger charge is 2.15. The molecule has 0 aliphatic heterocycles. The third-order valence-electron chi connectivity index (χ3n) is 1.26. The molecule has 0 saturated carbocycles. The van der Waals surface area contributed by atoms with Crippen molar-refractivity contribution in [1.29, 1.82) is 0 Å². The highest BCUT2D eigenvalue weighted by Crippen LogP contribution is 2.15. The molecule has 0 unspecified atom stereocenters. The minimum absolute atomic E-state index is 0.618. The van der Waals surface area contributed by atoms with Crippen LogP contribution in [0, 0.1) is 5.82 Å². The van der Waals surface area contributed by atoms with Gasteiger partial charge in [-0.2, -0.15) is 0 Å². The number of hydrogen-bond donors (Lipinski definition) is 0. The topological polar surface area (TPSA) is 82.9 Å². The van der Waals surface area contributed by atoms with Gasteiger partial charge in [0.1, 0.15) is 10.7 Å². The van der Waals surface area contributed by atoms with Gasteiger partial charge in [-0.3, -0.25) is 0 Å². The summed E-state index contributed by atoms with van der Waals surface area (Å²) in [6, 6.07) is 4.67. The van der Waals surface area contributed by atoms with Crippen molar-refractivity contribution in [1.82, 2.24) is 0 Å². The van der Waals surface area contributed by atoms with Gasteiger partial charge in [0.2, 0.25) is 0 Å². The second kappa shape index (κ2) is 3.42. The van der Waals surface area contributed by atoms with E-state index >= 15 is 0 Å². The van der Waals surface area contributed by atoms with Crippen molar-refractivity contribution in [3.63, 3.8) is 0 Å². The second-order valence-corrected chi connectivity index (χ2v) is 3.63. The molecule has 13 heavy (non-hydrogen) atoms. The van der Waals surface area contributed by atoms with Crippen molar-refractivity contribution in [2.75, 3.05) is 0 Å². The van der Waals surface area contributed by atoms with Crippen LogP contribution >= 0.6 is 0 Å². The van der Waals surface area contributed by atoms with E-state index in [4.69, 9.17) is 5.53 Å². The van der Waals surface area contributed by atoms with Gasteiger partial charge in [0.15, 0.2) is 0 Å². The average Bonchev–Trinajstić information content (AvgIpc) is 2.04. The van der Waals surface area contributed by atoms with Crippen LogP contribution in [0.1, 0.15) is 0 Å². The molecule has 0 aliphatic carbocycles. The van der Waals surface area contributed by atoms with E-state index in [1.165, 1.54) is 12.1 Å². The van der Waals surface area contributed by atoms with Crippen molar-refractivity contribution >= 4 is 10.0 Å². The molecule has 1 aromatic carbocycles. The van der Waals surface area contributed by atoms with E-state index < -0.39 is 20.7 Å². The largest absolute Gasteiger partial charge is 0.267 e. The summed E-state index contributed by atoms with van der Waals surface area (Å²) in [5.41, 5.74) is 7.91. The number of benzene rings is 1. The summed E-state index contributed by atoms with van der Waals surface area (Å²) in [7, 11) is -4.21. The third kappa shape index (κ3) is 1.95. The van der Waals surface area contributed by atoms with Gasteiger partial charge in [0, 0.05) is 9.43 Å². The summed E-state index contributed by atoms with van der Waals surface area (Å²) in [6.07, 6.45) is 0. The van der Waals surface area contributed by atoms with E-state index in [0.29, 0.717) is 0 Å². The van der Waals surface area contributed by atoms with Gasteiger partial charge in [-0.25, -0.2) is 12.8 Å². The molecule has 1 aromatic rings. The molecule has 0 saturated heterocycles. The third-order valence-corrected chi connectivity index (χ3v) is 2.43. The Labute approximate surface area is 73.5 Å². The minimum atomic E-state index is -4.21. The Bertz CT molecular complexity index is 465. The van der Waals surface area contributed by atoms with Crippen LogP contribution in [0.5, 0.6) is 0 Å². The normalized spacial score (nSPS) is 10.5. The van der Waals surface area contributed by atoms with Crippen molar-refractivity contribution in [2.45, 2.75) is 4.90 Å². The van der Waals surface area contributed by atoms with Crippen LogP contribution in [-0.2, 0) is 10.0 Å². The Morgan fingerprint density at radius 1 is 1.38 bits per heavy atom. The molecule has 0 heterocycles. The quantitative estimate of drug-likeness (QED) is 0.415. The molecule has 0 fully saturated rings. The number of rotatable bonds is 2. The van der Waals surface area contributed by atoms with Gasteiger partial charge in [-0.15, -0.1) is 0 Å². The second-order valence-electron chi connectivity index (χ2n) is 2.08. The smallest absolute Gasteiger partial charge is 0.216 e. The molecule has 0 aromatic heterocycles. The maximum atomic E-state index is 12.8. The molecule has 7 heteroatoms. The van der Waals surface area contributed by atoms with Gasteiger partial charge in [0.05, 0.1) is 0 Å². The van der Waals surface area contributed by atoms with Crippen LogP contribution in [0.15, 0.2) is 33.7 Å². The number of nitrogens with zero attached hydrogens (tertiary/aromatic N) is 3. The molecule has 1 rings (SSSR count). The Balaban J connectivity index is 3.39. The van der Waals surface area contributed by atoms with E-state index in [0.717, 1.165) is 12.1 Å². The first-order chi connectivity index (χ1) is 6.08. The standard InChI is InChI=1S/C6H4FN3O2S/c7-5-3-1-2-4-6(5)13(11,12)10-9-8/h1-4H. The molecule has 0 aliphatic rings. The summed E-state index contributed by atoms with van der Waals surface area (Å²) in [5, 5.41) is 0. The minimum Gasteiger partial charge on any atom is -0.216 e. The number of hydrogen-bond acceptors (Lipinski definition) is 2. The van der Waals surface area contributed by atoms with E-state index in [1.54, 1.807) is 0 Å². The molecule has 0 bridgehead atoms. The maximum Gasteiger partial charge on any atom is 0.267 e. The van der Waals surface area contributed by atoms with Crippen molar-refractivity contribution in [3.05, 3.63) is 40.5 Å². The van der Waals surface area contributed by atoms with E-state index in [-0.39, 0.29) is 0 Å². The van der Waals surface area contributed by atoms with Crippen molar-refractivity contribution in [3.8, 4) is 0 Å². The predicted octanol–water partition coefficient (Wildman–Crippen LogP) is 1.82. The van der Waals surface area contributed by atoms with Crippen molar-refractivity contribution < 1.29 is 12.8 Å². The van der Waals surface area contributed by atoms with Crippen LogP contribution in [0.3, 0.4) is 0 Å². The van der Waals surface area contributed by atoms with Crippen LogP contribution < -0.4 is 0 Å². The highest BCUT2D eigenvalue weighted by molar-refractivity contribution is 7.90.